The van der Waals surface area contributed by atoms with Crippen LogP contribution in [0, 0.1) is 12.8 Å². The van der Waals surface area contributed by atoms with Gasteiger partial charge in [-0.3, -0.25) is 4.79 Å². The van der Waals surface area contributed by atoms with Crippen molar-refractivity contribution in [2.24, 2.45) is 5.92 Å². The Labute approximate surface area is 172 Å². The molecule has 1 amide bonds. The smallest absolute Gasteiger partial charge is 0.249 e. The zero-order chi connectivity index (χ0) is 19.5. The van der Waals surface area contributed by atoms with Crippen molar-refractivity contribution < 1.29 is 9.53 Å². The lowest BCUT2D eigenvalue weighted by Gasteiger charge is -2.43. The van der Waals surface area contributed by atoms with Crippen LogP contribution in [0.15, 0.2) is 36.3 Å². The summed E-state index contributed by atoms with van der Waals surface area (Å²) in [4.78, 5) is 24.8. The quantitative estimate of drug-likeness (QED) is 0.664. The lowest BCUT2D eigenvalue weighted by atomic mass is 9.76. The van der Waals surface area contributed by atoms with E-state index in [1.807, 2.05) is 29.9 Å². The van der Waals surface area contributed by atoms with Crippen LogP contribution in [-0.4, -0.2) is 49.1 Å². The highest BCUT2D eigenvalue weighted by Crippen LogP contribution is 2.44. The molecule has 3 aromatic rings. The summed E-state index contributed by atoms with van der Waals surface area (Å²) >= 11 is 1.61. The van der Waals surface area contributed by atoms with E-state index >= 15 is 0 Å². The first-order chi connectivity index (χ1) is 14.2. The Kier molecular flexibility index (Phi) is 3.77. The van der Waals surface area contributed by atoms with Crippen LogP contribution in [0.4, 0.5) is 0 Å². The highest BCUT2D eigenvalue weighted by molar-refractivity contribution is 7.15. The number of hydrogen-bond acceptors (Lipinski definition) is 6. The van der Waals surface area contributed by atoms with Crippen LogP contribution in [0.5, 0.6) is 5.88 Å². The van der Waals surface area contributed by atoms with Gasteiger partial charge in [-0.25, -0.2) is 14.5 Å². The van der Waals surface area contributed by atoms with Gasteiger partial charge in [0.1, 0.15) is 17.3 Å². The Balaban J connectivity index is 1.24. The molecule has 6 rings (SSSR count). The minimum atomic E-state index is 0.0952. The number of fused-ring (bicyclic) bond motifs is 2. The van der Waals surface area contributed by atoms with E-state index in [-0.39, 0.29) is 12.0 Å². The SMILES string of the molecule is Cc1ncc(-c2cn3nccc3c(OC3CC4C3CCN4C(=O)C3=CCC3)n2)s1. The molecule has 29 heavy (non-hydrogen) atoms. The van der Waals surface area contributed by atoms with Crippen LogP contribution in [0.2, 0.25) is 0 Å². The minimum absolute atomic E-state index is 0.0952. The number of likely N-dealkylation sites (tertiary alicyclic amines) is 1. The molecular weight excluding hydrogens is 386 g/mol. The fraction of sp³-hybridized carbons (Fsp3) is 0.429. The maximum atomic E-state index is 12.6. The molecule has 0 N–H and O–H groups in total. The largest absolute Gasteiger partial charge is 0.472 e. The van der Waals surface area contributed by atoms with Gasteiger partial charge in [0.2, 0.25) is 11.8 Å². The minimum Gasteiger partial charge on any atom is -0.472 e. The number of carbonyl (C=O) groups is 1. The second kappa shape index (κ2) is 6.38. The molecule has 1 saturated carbocycles. The number of nitrogens with zero attached hydrogens (tertiary/aromatic N) is 5. The number of hydrogen-bond donors (Lipinski definition) is 0. The highest BCUT2D eigenvalue weighted by atomic mass is 32.1. The molecule has 1 aliphatic heterocycles. The van der Waals surface area contributed by atoms with Crippen LogP contribution >= 0.6 is 11.3 Å². The summed E-state index contributed by atoms with van der Waals surface area (Å²) in [5, 5.41) is 5.39. The van der Waals surface area contributed by atoms with Crippen molar-refractivity contribution in [2.45, 2.75) is 44.8 Å². The highest BCUT2D eigenvalue weighted by Gasteiger charge is 2.52. The van der Waals surface area contributed by atoms with Crippen LogP contribution in [-0.2, 0) is 4.79 Å². The van der Waals surface area contributed by atoms with Crippen molar-refractivity contribution in [3.8, 4) is 16.5 Å². The number of amides is 1. The molecule has 3 unspecified atom stereocenters. The molecule has 0 spiro atoms. The van der Waals surface area contributed by atoms with Gasteiger partial charge in [-0.1, -0.05) is 6.08 Å². The Hall–Kier alpha value is -2.74. The predicted molar refractivity (Wildman–Crippen MR) is 109 cm³/mol. The average Bonchev–Trinajstić information content (AvgIpc) is 3.36. The number of thiazole rings is 1. The van der Waals surface area contributed by atoms with E-state index in [1.165, 1.54) is 0 Å². The fourth-order valence-corrected chi connectivity index (χ4v) is 5.34. The van der Waals surface area contributed by atoms with Gasteiger partial charge in [0.05, 0.1) is 22.3 Å². The first kappa shape index (κ1) is 17.1. The third-order valence-corrected chi connectivity index (χ3v) is 7.32. The lowest BCUT2D eigenvalue weighted by molar-refractivity contribution is -0.132. The van der Waals surface area contributed by atoms with Gasteiger partial charge in [-0.15, -0.1) is 11.3 Å². The second-order valence-corrected chi connectivity index (χ2v) is 9.25. The number of rotatable bonds is 4. The van der Waals surface area contributed by atoms with E-state index in [4.69, 9.17) is 9.72 Å². The van der Waals surface area contributed by atoms with Gasteiger partial charge in [0.25, 0.3) is 0 Å². The fourth-order valence-electron chi connectivity index (χ4n) is 4.61. The van der Waals surface area contributed by atoms with Gasteiger partial charge in [-0.2, -0.15) is 5.10 Å². The third kappa shape index (κ3) is 2.69. The van der Waals surface area contributed by atoms with Crippen LogP contribution in [0.1, 0.15) is 30.7 Å². The summed E-state index contributed by atoms with van der Waals surface area (Å²) < 4.78 is 8.21. The second-order valence-electron chi connectivity index (χ2n) is 8.01. The zero-order valence-corrected chi connectivity index (χ0v) is 16.9. The standard InChI is InChI=1S/C21H21N5O2S/c1-12-22-10-19(29-12)15-11-26-16(5-7-23-26)20(24-15)28-18-9-17-14(18)6-8-25(17)21(27)13-3-2-4-13/h3,5,7,10-11,14,17-18H,2,4,6,8-9H2,1H3. The van der Waals surface area contributed by atoms with Gasteiger partial charge < -0.3 is 9.64 Å². The molecule has 2 aliphatic carbocycles. The molecule has 3 aromatic heterocycles. The zero-order valence-electron chi connectivity index (χ0n) is 16.1. The number of ether oxygens (including phenoxy) is 1. The van der Waals surface area contributed by atoms with Crippen molar-refractivity contribution in [3.05, 3.63) is 41.3 Å². The van der Waals surface area contributed by atoms with Crippen molar-refractivity contribution in [2.75, 3.05) is 6.54 Å². The van der Waals surface area contributed by atoms with Crippen molar-refractivity contribution in [3.63, 3.8) is 0 Å². The van der Waals surface area contributed by atoms with Crippen LogP contribution in [0.25, 0.3) is 16.1 Å². The third-order valence-electron chi connectivity index (χ3n) is 6.38. The van der Waals surface area contributed by atoms with E-state index in [0.717, 1.165) is 58.9 Å². The maximum Gasteiger partial charge on any atom is 0.249 e. The molecular formula is C21H21N5O2S. The molecule has 3 atom stereocenters. The summed E-state index contributed by atoms with van der Waals surface area (Å²) in [5.41, 5.74) is 2.67. The normalized spacial score (nSPS) is 25.3. The van der Waals surface area contributed by atoms with Gasteiger partial charge in [0, 0.05) is 36.7 Å². The van der Waals surface area contributed by atoms with E-state index in [0.29, 0.717) is 17.8 Å². The Morgan fingerprint density at radius 1 is 1.38 bits per heavy atom. The lowest BCUT2D eigenvalue weighted by Crippen LogP contribution is -2.53. The summed E-state index contributed by atoms with van der Waals surface area (Å²) in [5.74, 6) is 1.24. The molecule has 4 heterocycles. The Morgan fingerprint density at radius 3 is 3.03 bits per heavy atom. The number of aromatic nitrogens is 4. The molecule has 2 fully saturated rings. The number of aryl methyl sites for hydroxylation is 1. The molecule has 0 aromatic carbocycles. The van der Waals surface area contributed by atoms with Crippen molar-refractivity contribution in [1.29, 1.82) is 0 Å². The summed E-state index contributed by atoms with van der Waals surface area (Å²) in [6.07, 6.45) is 11.5. The maximum absolute atomic E-state index is 12.6. The van der Waals surface area contributed by atoms with Crippen molar-refractivity contribution >= 4 is 22.8 Å². The number of carbonyl (C=O) groups excluding carboxylic acids is 1. The van der Waals surface area contributed by atoms with E-state index in [2.05, 4.69) is 21.1 Å². The molecule has 1 saturated heterocycles. The number of allylic oxidation sites excluding steroid dienone is 1. The molecule has 3 aliphatic rings. The summed E-state index contributed by atoms with van der Waals surface area (Å²) in [6.45, 7) is 2.82. The monoisotopic (exact) mass is 407 g/mol. The molecule has 148 valence electrons. The van der Waals surface area contributed by atoms with E-state index in [9.17, 15) is 4.79 Å². The average molecular weight is 407 g/mol. The summed E-state index contributed by atoms with van der Waals surface area (Å²) in [7, 11) is 0. The van der Waals surface area contributed by atoms with Gasteiger partial charge in [-0.05, 0) is 32.3 Å². The molecule has 7 nitrogen and oxygen atoms in total. The summed E-state index contributed by atoms with van der Waals surface area (Å²) in [6, 6.07) is 2.23. The Bertz CT molecular complexity index is 1150. The van der Waals surface area contributed by atoms with E-state index in [1.54, 1.807) is 17.5 Å². The van der Waals surface area contributed by atoms with Gasteiger partial charge >= 0.3 is 0 Å². The van der Waals surface area contributed by atoms with Crippen LogP contribution in [0.3, 0.4) is 0 Å². The topological polar surface area (TPSA) is 72.6 Å². The molecule has 8 heteroatoms. The van der Waals surface area contributed by atoms with Crippen molar-refractivity contribution in [1.82, 2.24) is 24.5 Å². The molecule has 0 bridgehead atoms. The van der Waals surface area contributed by atoms with Crippen LogP contribution < -0.4 is 4.74 Å². The predicted octanol–water partition coefficient (Wildman–Crippen LogP) is 3.25. The Morgan fingerprint density at radius 2 is 2.28 bits per heavy atom. The first-order valence-electron chi connectivity index (χ1n) is 10.1. The molecule has 0 radical (unpaired) electrons. The van der Waals surface area contributed by atoms with Gasteiger partial charge in [0.15, 0.2) is 0 Å². The first-order valence-corrected chi connectivity index (χ1v) is 10.9. The van der Waals surface area contributed by atoms with E-state index < -0.39 is 0 Å².